The quantitative estimate of drug-likeness (QED) is 0.871. The van der Waals surface area contributed by atoms with Crippen LogP contribution in [-0.2, 0) is 10.0 Å². The van der Waals surface area contributed by atoms with Crippen LogP contribution in [-0.4, -0.2) is 32.4 Å². The zero-order chi connectivity index (χ0) is 12.5. The van der Waals surface area contributed by atoms with E-state index in [4.69, 9.17) is 11.0 Å². The first-order valence-electron chi connectivity index (χ1n) is 5.28. The van der Waals surface area contributed by atoms with E-state index in [-0.39, 0.29) is 10.1 Å². The topological polar surface area (TPSA) is 87.2 Å². The monoisotopic (exact) mass is 271 g/mol. The number of hydrogen-bond acceptors (Lipinski definition) is 5. The molecule has 1 aliphatic rings. The summed E-state index contributed by atoms with van der Waals surface area (Å²) in [6, 6.07) is 4.98. The Hall–Kier alpha value is -0.940. The second-order valence-corrected chi connectivity index (χ2v) is 7.23. The van der Waals surface area contributed by atoms with Crippen molar-refractivity contribution in [2.45, 2.75) is 10.6 Å². The molecule has 1 aromatic rings. The van der Waals surface area contributed by atoms with Gasteiger partial charge in [-0.05, 0) is 31.0 Å². The van der Waals surface area contributed by atoms with E-state index in [2.05, 4.69) is 0 Å². The molecule has 92 valence electrons. The molecule has 1 aromatic heterocycles. The molecule has 0 amide bonds. The van der Waals surface area contributed by atoms with E-state index in [1.165, 1.54) is 16.4 Å². The minimum absolute atomic E-state index is 0.242. The highest BCUT2D eigenvalue weighted by Crippen LogP contribution is 2.28. The molecule has 1 unspecified atom stereocenters. The maximum atomic E-state index is 12.2. The van der Waals surface area contributed by atoms with Crippen LogP contribution in [0.3, 0.4) is 0 Å². The van der Waals surface area contributed by atoms with Crippen molar-refractivity contribution in [2.75, 3.05) is 19.6 Å². The van der Waals surface area contributed by atoms with Gasteiger partial charge in [-0.2, -0.15) is 9.57 Å². The average Bonchev–Trinajstić information content (AvgIpc) is 2.98. The molecule has 17 heavy (non-hydrogen) atoms. The minimum Gasteiger partial charge on any atom is -0.330 e. The van der Waals surface area contributed by atoms with Gasteiger partial charge < -0.3 is 5.73 Å². The molecule has 5 nitrogen and oxygen atoms in total. The third kappa shape index (κ3) is 2.35. The van der Waals surface area contributed by atoms with Gasteiger partial charge in [-0.1, -0.05) is 0 Å². The molecule has 7 heteroatoms. The number of rotatable bonds is 3. The first-order valence-corrected chi connectivity index (χ1v) is 7.53. The third-order valence-corrected chi connectivity index (χ3v) is 6.19. The number of hydrogen-bond donors (Lipinski definition) is 1. The van der Waals surface area contributed by atoms with Crippen molar-refractivity contribution in [3.8, 4) is 6.07 Å². The van der Waals surface area contributed by atoms with E-state index >= 15 is 0 Å². The van der Waals surface area contributed by atoms with Crippen molar-refractivity contribution >= 4 is 21.4 Å². The fraction of sp³-hybridized carbons (Fsp3) is 0.500. The summed E-state index contributed by atoms with van der Waals surface area (Å²) < 4.78 is 26.1. The fourth-order valence-electron chi connectivity index (χ4n) is 1.85. The lowest BCUT2D eigenvalue weighted by molar-refractivity contribution is 0.460. The number of thiophene rings is 1. The molecule has 2 heterocycles. The maximum Gasteiger partial charge on any atom is 0.252 e. The van der Waals surface area contributed by atoms with E-state index in [0.717, 1.165) is 17.8 Å². The van der Waals surface area contributed by atoms with E-state index in [0.29, 0.717) is 24.5 Å². The van der Waals surface area contributed by atoms with Gasteiger partial charge >= 0.3 is 0 Å². The summed E-state index contributed by atoms with van der Waals surface area (Å²) in [6.07, 6.45) is 0.812. The summed E-state index contributed by atoms with van der Waals surface area (Å²) in [6.45, 7) is 1.52. The maximum absolute atomic E-state index is 12.2. The SMILES string of the molecule is N#Cc1ccc(S(=O)(=O)N2CCC(CN)C2)s1. The Morgan fingerprint density at radius 3 is 2.88 bits per heavy atom. The number of nitrogens with zero attached hydrogens (tertiary/aromatic N) is 2. The third-order valence-electron chi connectivity index (χ3n) is 2.87. The first-order chi connectivity index (χ1) is 8.07. The van der Waals surface area contributed by atoms with Crippen LogP contribution in [0.1, 0.15) is 11.3 Å². The van der Waals surface area contributed by atoms with Crippen LogP contribution in [0.25, 0.3) is 0 Å². The Kier molecular flexibility index (Phi) is 3.49. The standard InChI is InChI=1S/C10H13N3O2S2/c11-5-8-3-4-13(7-8)17(14,15)10-2-1-9(6-12)16-10/h1-2,8H,3-5,7,11H2. The van der Waals surface area contributed by atoms with Gasteiger partial charge in [-0.25, -0.2) is 8.42 Å². The van der Waals surface area contributed by atoms with Crippen molar-refractivity contribution < 1.29 is 8.42 Å². The number of nitrogens with two attached hydrogens (primary N) is 1. The molecule has 0 radical (unpaired) electrons. The van der Waals surface area contributed by atoms with Gasteiger partial charge in [0.15, 0.2) is 0 Å². The van der Waals surface area contributed by atoms with Crippen LogP contribution in [0.4, 0.5) is 0 Å². The lowest BCUT2D eigenvalue weighted by atomic mass is 10.1. The molecule has 1 aliphatic heterocycles. The number of sulfonamides is 1. The molecule has 2 N–H and O–H groups in total. The summed E-state index contributed by atoms with van der Waals surface area (Å²) in [5.41, 5.74) is 5.54. The van der Waals surface area contributed by atoms with Crippen LogP contribution in [0.15, 0.2) is 16.3 Å². The van der Waals surface area contributed by atoms with Crippen molar-refractivity contribution in [1.29, 1.82) is 5.26 Å². The van der Waals surface area contributed by atoms with E-state index in [9.17, 15) is 8.42 Å². The van der Waals surface area contributed by atoms with Gasteiger partial charge in [0.05, 0.1) is 0 Å². The molecule has 2 rings (SSSR count). The Bertz CT molecular complexity index is 544. The van der Waals surface area contributed by atoms with Crippen molar-refractivity contribution in [3.05, 3.63) is 17.0 Å². The van der Waals surface area contributed by atoms with Gasteiger partial charge in [0.1, 0.15) is 15.2 Å². The van der Waals surface area contributed by atoms with Gasteiger partial charge in [0, 0.05) is 13.1 Å². The lowest BCUT2D eigenvalue weighted by Gasteiger charge is -2.14. The molecule has 1 saturated heterocycles. The molecule has 1 fully saturated rings. The second-order valence-electron chi connectivity index (χ2n) is 3.98. The summed E-state index contributed by atoms with van der Waals surface area (Å²) in [7, 11) is -3.43. The van der Waals surface area contributed by atoms with Gasteiger partial charge in [0.25, 0.3) is 10.0 Å². The normalized spacial score (nSPS) is 21.5. The zero-order valence-electron chi connectivity index (χ0n) is 9.17. The van der Waals surface area contributed by atoms with Gasteiger partial charge in [-0.15, -0.1) is 11.3 Å². The highest BCUT2D eigenvalue weighted by molar-refractivity contribution is 7.91. The Morgan fingerprint density at radius 2 is 2.35 bits per heavy atom. The predicted molar refractivity (Wildman–Crippen MR) is 65.0 cm³/mol. The smallest absolute Gasteiger partial charge is 0.252 e. The molecular weight excluding hydrogens is 258 g/mol. The summed E-state index contributed by atoms with van der Waals surface area (Å²) in [4.78, 5) is 0.415. The predicted octanol–water partition coefficient (Wildman–Crippen LogP) is 0.589. The number of nitriles is 1. The Balaban J connectivity index is 2.23. The summed E-state index contributed by atoms with van der Waals surface area (Å²) in [5.74, 6) is 0.250. The van der Waals surface area contributed by atoms with Crippen LogP contribution < -0.4 is 5.73 Å². The molecule has 0 aliphatic carbocycles. The van der Waals surface area contributed by atoms with Crippen LogP contribution in [0.2, 0.25) is 0 Å². The fourth-order valence-corrected chi connectivity index (χ4v) is 4.64. The van der Waals surface area contributed by atoms with Crippen LogP contribution >= 0.6 is 11.3 Å². The highest BCUT2D eigenvalue weighted by Gasteiger charge is 2.32. The molecule has 0 saturated carbocycles. The van der Waals surface area contributed by atoms with Crippen molar-refractivity contribution in [1.82, 2.24) is 4.31 Å². The second kappa shape index (κ2) is 4.74. The molecule has 0 aromatic carbocycles. The van der Waals surface area contributed by atoms with Crippen molar-refractivity contribution in [3.63, 3.8) is 0 Å². The summed E-state index contributed by atoms with van der Waals surface area (Å²) >= 11 is 1.01. The zero-order valence-corrected chi connectivity index (χ0v) is 10.8. The molecular formula is C10H13N3O2S2. The Labute approximate surface area is 105 Å². The summed E-state index contributed by atoms with van der Waals surface area (Å²) in [5, 5.41) is 8.70. The van der Waals surface area contributed by atoms with E-state index in [1.54, 1.807) is 0 Å². The first kappa shape index (κ1) is 12.5. The highest BCUT2D eigenvalue weighted by atomic mass is 32.2. The molecule has 1 atom stereocenters. The van der Waals surface area contributed by atoms with E-state index < -0.39 is 10.0 Å². The minimum atomic E-state index is -3.43. The van der Waals surface area contributed by atoms with Crippen LogP contribution in [0.5, 0.6) is 0 Å². The largest absolute Gasteiger partial charge is 0.330 e. The average molecular weight is 271 g/mol. The van der Waals surface area contributed by atoms with Crippen LogP contribution in [0, 0.1) is 17.2 Å². The van der Waals surface area contributed by atoms with Gasteiger partial charge in [0.2, 0.25) is 0 Å². The van der Waals surface area contributed by atoms with Gasteiger partial charge in [-0.3, -0.25) is 0 Å². The molecule has 0 spiro atoms. The lowest BCUT2D eigenvalue weighted by Crippen LogP contribution is -2.29. The van der Waals surface area contributed by atoms with E-state index in [1.807, 2.05) is 6.07 Å². The van der Waals surface area contributed by atoms with Crippen molar-refractivity contribution in [2.24, 2.45) is 11.7 Å². The molecule has 0 bridgehead atoms. The Morgan fingerprint density at radius 1 is 1.59 bits per heavy atom.